The fourth-order valence-corrected chi connectivity index (χ4v) is 3.90. The third-order valence-corrected chi connectivity index (χ3v) is 5.31. The van der Waals surface area contributed by atoms with E-state index in [1.165, 1.54) is 0 Å². The molecule has 3 aromatic rings. The van der Waals surface area contributed by atoms with Gasteiger partial charge in [0, 0.05) is 23.4 Å². The van der Waals surface area contributed by atoms with Gasteiger partial charge in [-0.2, -0.15) is 4.98 Å². The molecule has 9 heteroatoms. The Morgan fingerprint density at radius 3 is 2.70 bits per heavy atom. The van der Waals surface area contributed by atoms with Gasteiger partial charge < -0.3 is 31.4 Å². The molecule has 8 nitrogen and oxygen atoms in total. The van der Waals surface area contributed by atoms with Gasteiger partial charge in [-0.15, -0.1) is 0 Å². The Bertz CT molecular complexity index is 946. The Morgan fingerprint density at radius 2 is 2.00 bits per heavy atom. The first-order chi connectivity index (χ1) is 13.0. The molecule has 0 radical (unpaired) electrons. The largest absolute Gasteiger partial charge is 0.396 e. The molecule has 1 aliphatic rings. The van der Waals surface area contributed by atoms with Crippen LogP contribution in [0.1, 0.15) is 6.42 Å². The number of aromatic nitrogens is 3. The number of aromatic amines is 1. The zero-order chi connectivity index (χ0) is 19.1. The van der Waals surface area contributed by atoms with Crippen molar-refractivity contribution in [2.24, 2.45) is 5.92 Å². The molecule has 0 saturated heterocycles. The molecular formula is C18H20ClN5O3. The number of hydrogen-bond donors (Lipinski definition) is 6. The van der Waals surface area contributed by atoms with Crippen molar-refractivity contribution in [3.05, 3.63) is 35.5 Å². The molecule has 2 heterocycles. The number of nitrogen functional groups attached to an aromatic ring is 1. The summed E-state index contributed by atoms with van der Waals surface area (Å²) in [4.78, 5) is 11.6. The lowest BCUT2D eigenvalue weighted by atomic mass is 10.1. The summed E-state index contributed by atoms with van der Waals surface area (Å²) in [5, 5.41) is 34.0. The molecule has 142 valence electrons. The summed E-state index contributed by atoms with van der Waals surface area (Å²) >= 11 is 6.36. The highest BCUT2D eigenvalue weighted by Gasteiger charge is 2.41. The molecule has 4 rings (SSSR count). The SMILES string of the molecule is Nc1nc(Cl)c(-c2cc3ccccc3[nH]2)c(N[C@@H]2C[C@H](CO)[C@@H](O)[C@H]2O)n1. The number of hydrogen-bond acceptors (Lipinski definition) is 7. The van der Waals surface area contributed by atoms with Crippen LogP contribution in [0.15, 0.2) is 30.3 Å². The Labute approximate surface area is 160 Å². The molecule has 0 unspecified atom stereocenters. The standard InChI is InChI=1S/C18H20ClN5O3/c19-16-13(11-5-8-3-1-2-4-10(8)21-11)17(24-18(20)23-16)22-12-6-9(7-25)14(26)15(12)27/h1-5,9,12,14-15,21,25-27H,6-7H2,(H3,20,22,23,24)/t9-,12-,14-,15+/m1/s1. The Hall–Kier alpha value is -2.39. The molecule has 0 amide bonds. The summed E-state index contributed by atoms with van der Waals surface area (Å²) < 4.78 is 0. The number of benzene rings is 1. The quantitative estimate of drug-likeness (QED) is 0.370. The van der Waals surface area contributed by atoms with Gasteiger partial charge in [0.15, 0.2) is 0 Å². The van der Waals surface area contributed by atoms with E-state index in [0.717, 1.165) is 10.9 Å². The minimum Gasteiger partial charge on any atom is -0.396 e. The smallest absolute Gasteiger partial charge is 0.223 e. The summed E-state index contributed by atoms with van der Waals surface area (Å²) in [6.45, 7) is -0.210. The fourth-order valence-electron chi connectivity index (χ4n) is 3.63. The normalized spacial score (nSPS) is 25.2. The van der Waals surface area contributed by atoms with Gasteiger partial charge in [-0.3, -0.25) is 0 Å². The summed E-state index contributed by atoms with van der Waals surface area (Å²) in [7, 11) is 0. The molecule has 2 aromatic heterocycles. The zero-order valence-electron chi connectivity index (χ0n) is 14.3. The lowest BCUT2D eigenvalue weighted by molar-refractivity contribution is 0.00446. The average Bonchev–Trinajstić information content (AvgIpc) is 3.17. The molecule has 1 saturated carbocycles. The monoisotopic (exact) mass is 389 g/mol. The number of rotatable bonds is 4. The van der Waals surface area contributed by atoms with E-state index in [4.69, 9.17) is 17.3 Å². The molecule has 0 aliphatic heterocycles. The van der Waals surface area contributed by atoms with Crippen LogP contribution in [0, 0.1) is 5.92 Å². The first-order valence-electron chi connectivity index (χ1n) is 8.62. The van der Waals surface area contributed by atoms with Crippen molar-refractivity contribution in [2.45, 2.75) is 24.7 Å². The first kappa shape index (κ1) is 18.0. The zero-order valence-corrected chi connectivity index (χ0v) is 15.1. The topological polar surface area (TPSA) is 140 Å². The highest BCUT2D eigenvalue weighted by molar-refractivity contribution is 6.32. The van der Waals surface area contributed by atoms with Gasteiger partial charge >= 0.3 is 0 Å². The van der Waals surface area contributed by atoms with Crippen LogP contribution in [-0.2, 0) is 0 Å². The second-order valence-electron chi connectivity index (χ2n) is 6.78. The summed E-state index contributed by atoms with van der Waals surface area (Å²) in [6, 6.07) is 9.20. The maximum absolute atomic E-state index is 10.3. The van der Waals surface area contributed by atoms with Crippen molar-refractivity contribution in [2.75, 3.05) is 17.7 Å². The van der Waals surface area contributed by atoms with E-state index in [1.54, 1.807) is 0 Å². The number of nitrogens with zero attached hydrogens (tertiary/aromatic N) is 2. The minimum absolute atomic E-state index is 0.00546. The minimum atomic E-state index is -1.05. The third-order valence-electron chi connectivity index (χ3n) is 5.04. The Balaban J connectivity index is 1.75. The van der Waals surface area contributed by atoms with Crippen molar-refractivity contribution in [1.29, 1.82) is 0 Å². The molecule has 1 aromatic carbocycles. The average molecular weight is 390 g/mol. The summed E-state index contributed by atoms with van der Waals surface area (Å²) in [5.41, 5.74) is 7.92. The van der Waals surface area contributed by atoms with Crippen molar-refractivity contribution >= 4 is 34.3 Å². The number of nitrogens with one attached hydrogen (secondary N) is 2. The van der Waals surface area contributed by atoms with Crippen molar-refractivity contribution < 1.29 is 15.3 Å². The molecule has 0 bridgehead atoms. The van der Waals surface area contributed by atoms with Crippen LogP contribution >= 0.6 is 11.6 Å². The van der Waals surface area contributed by atoms with Crippen LogP contribution < -0.4 is 11.1 Å². The molecular weight excluding hydrogens is 370 g/mol. The number of aliphatic hydroxyl groups is 3. The van der Waals surface area contributed by atoms with Crippen molar-refractivity contribution in [3.8, 4) is 11.3 Å². The van der Waals surface area contributed by atoms with E-state index in [0.29, 0.717) is 23.5 Å². The summed E-state index contributed by atoms with van der Waals surface area (Å²) in [5.74, 6) is -0.0633. The fraction of sp³-hybridized carbons (Fsp3) is 0.333. The Morgan fingerprint density at radius 1 is 1.22 bits per heavy atom. The molecule has 27 heavy (non-hydrogen) atoms. The van der Waals surface area contributed by atoms with Crippen molar-refractivity contribution in [1.82, 2.24) is 15.0 Å². The van der Waals surface area contributed by atoms with Crippen LogP contribution in [-0.4, -0.2) is 55.1 Å². The summed E-state index contributed by atoms with van der Waals surface area (Å²) in [6.07, 6.45) is -1.68. The van der Waals surface area contributed by atoms with Crippen LogP contribution in [0.5, 0.6) is 0 Å². The second kappa shape index (κ2) is 6.97. The van der Waals surface area contributed by atoms with Crippen LogP contribution in [0.4, 0.5) is 11.8 Å². The number of anilines is 2. The molecule has 4 atom stereocenters. The van der Waals surface area contributed by atoms with Gasteiger partial charge in [-0.1, -0.05) is 29.8 Å². The van der Waals surface area contributed by atoms with Gasteiger partial charge in [0.05, 0.1) is 23.4 Å². The predicted molar refractivity (Wildman–Crippen MR) is 103 cm³/mol. The van der Waals surface area contributed by atoms with Gasteiger partial charge in [0.1, 0.15) is 17.1 Å². The van der Waals surface area contributed by atoms with E-state index < -0.39 is 24.2 Å². The highest BCUT2D eigenvalue weighted by atomic mass is 35.5. The first-order valence-corrected chi connectivity index (χ1v) is 9.00. The number of halogens is 1. The van der Waals surface area contributed by atoms with E-state index in [2.05, 4.69) is 20.3 Å². The number of H-pyrrole nitrogens is 1. The van der Waals surface area contributed by atoms with E-state index in [1.807, 2.05) is 30.3 Å². The van der Waals surface area contributed by atoms with E-state index in [9.17, 15) is 15.3 Å². The van der Waals surface area contributed by atoms with Crippen molar-refractivity contribution in [3.63, 3.8) is 0 Å². The second-order valence-corrected chi connectivity index (χ2v) is 7.13. The van der Waals surface area contributed by atoms with Gasteiger partial charge in [-0.25, -0.2) is 4.98 Å². The predicted octanol–water partition coefficient (Wildman–Crippen LogP) is 1.37. The number of para-hydroxylation sites is 1. The molecule has 0 spiro atoms. The van der Waals surface area contributed by atoms with E-state index in [-0.39, 0.29) is 17.7 Å². The number of aliphatic hydroxyl groups excluding tert-OH is 3. The molecule has 1 fully saturated rings. The maximum atomic E-state index is 10.3. The molecule has 7 N–H and O–H groups in total. The highest BCUT2D eigenvalue weighted by Crippen LogP contribution is 2.37. The van der Waals surface area contributed by atoms with Gasteiger partial charge in [0.2, 0.25) is 5.95 Å². The van der Waals surface area contributed by atoms with Gasteiger partial charge in [-0.05, 0) is 18.6 Å². The lowest BCUT2D eigenvalue weighted by Gasteiger charge is -2.20. The van der Waals surface area contributed by atoms with E-state index >= 15 is 0 Å². The third kappa shape index (κ3) is 3.21. The Kier molecular flexibility index (Phi) is 4.65. The maximum Gasteiger partial charge on any atom is 0.223 e. The van der Waals surface area contributed by atoms with Crippen LogP contribution in [0.25, 0.3) is 22.2 Å². The van der Waals surface area contributed by atoms with Crippen LogP contribution in [0.2, 0.25) is 5.15 Å². The number of fused-ring (bicyclic) bond motifs is 1. The van der Waals surface area contributed by atoms with Crippen LogP contribution in [0.3, 0.4) is 0 Å². The lowest BCUT2D eigenvalue weighted by Crippen LogP contribution is -2.35. The molecule has 1 aliphatic carbocycles. The van der Waals surface area contributed by atoms with Gasteiger partial charge in [0.25, 0.3) is 0 Å². The number of nitrogens with two attached hydrogens (primary N) is 1.